The average Bonchev–Trinajstić information content (AvgIpc) is 4.35. The van der Waals surface area contributed by atoms with Gasteiger partial charge in [-0.15, -0.1) is 22.7 Å². The standard InChI is InChI=1S/C64H48N6O6S2/c1-37-13-17-40(18-14-37)70(41-19-15-38(2)16-20-41)63-51-31-29-49(68-51)59(61-53(73-3)9-7-10-54(61)74-4)47-27-25-45(66-47)44(24-21-42-22-33-57(77-42)58-34-23-43(78-58)35-39(36-65)64(71)72)46-26-28-48(67-46)60(50-30-32-52(63)69-50)62-55(75-5)11-8-12-56(62)76-6/h7-20,22-23,25-35,66,69H,1-6H3,(H,71,72)/b39-35-,45-44?,46-44?,59-47?,59-49?,60-48?,60-50?,63-51?,63-52?. The maximum atomic E-state index is 11.6. The molecule has 12 nitrogen and oxygen atoms in total. The number of thiophene rings is 2. The number of nitrogens with one attached hydrogen (secondary N) is 2. The normalized spacial score (nSPS) is 11.7. The first kappa shape index (κ1) is 50.3. The molecule has 0 fully saturated rings. The first-order valence-electron chi connectivity index (χ1n) is 24.7. The van der Waals surface area contributed by atoms with Crippen LogP contribution in [-0.4, -0.2) is 59.5 Å². The van der Waals surface area contributed by atoms with Crippen LogP contribution in [0.15, 0.2) is 139 Å². The molecule has 0 atom stereocenters. The van der Waals surface area contributed by atoms with Crippen molar-refractivity contribution in [1.29, 1.82) is 5.26 Å². The van der Waals surface area contributed by atoms with Crippen LogP contribution >= 0.6 is 22.7 Å². The number of anilines is 3. The van der Waals surface area contributed by atoms with E-state index < -0.39 is 5.97 Å². The average molecular weight is 1060 g/mol. The van der Waals surface area contributed by atoms with Crippen LogP contribution in [0.25, 0.3) is 84.5 Å². The fourth-order valence-corrected chi connectivity index (χ4v) is 11.5. The summed E-state index contributed by atoms with van der Waals surface area (Å²) in [6.45, 7) is 4.17. The number of aryl methyl sites for hydroxylation is 2. The summed E-state index contributed by atoms with van der Waals surface area (Å²) in [6, 6.07) is 46.0. The molecule has 2 aliphatic heterocycles. The zero-order chi connectivity index (χ0) is 54.0. The van der Waals surface area contributed by atoms with Gasteiger partial charge in [0.15, 0.2) is 0 Å². The predicted octanol–water partition coefficient (Wildman–Crippen LogP) is 15.3. The minimum atomic E-state index is -1.27. The Morgan fingerprint density at radius 2 is 1.03 bits per heavy atom. The molecule has 4 aromatic carbocycles. The number of aromatic nitrogens is 4. The zero-order valence-corrected chi connectivity index (χ0v) is 44.8. The van der Waals surface area contributed by atoms with Crippen LogP contribution < -0.4 is 23.8 Å². The van der Waals surface area contributed by atoms with Gasteiger partial charge < -0.3 is 38.9 Å². The minimum Gasteiger partial charge on any atom is -0.496 e. The van der Waals surface area contributed by atoms with Crippen molar-refractivity contribution in [3.05, 3.63) is 188 Å². The van der Waals surface area contributed by atoms with E-state index in [1.165, 1.54) is 28.7 Å². The summed E-state index contributed by atoms with van der Waals surface area (Å²) in [6.07, 6.45) is 9.43. The van der Waals surface area contributed by atoms with E-state index in [1.54, 1.807) is 34.5 Å². The highest BCUT2D eigenvalue weighted by molar-refractivity contribution is 7.22. The molecule has 382 valence electrons. The summed E-state index contributed by atoms with van der Waals surface area (Å²) in [5.41, 5.74) is 13.6. The number of aliphatic carboxylic acids is 1. The number of ether oxygens (including phenoxy) is 4. The van der Waals surface area contributed by atoms with Crippen molar-refractivity contribution >= 4 is 98.2 Å². The lowest BCUT2D eigenvalue weighted by molar-refractivity contribution is -0.132. The number of hydrogen-bond donors (Lipinski definition) is 3. The number of nitriles is 1. The molecular formula is C64H48N6O6S2. The van der Waals surface area contributed by atoms with E-state index in [4.69, 9.17) is 28.9 Å². The molecule has 0 amide bonds. The van der Waals surface area contributed by atoms with Crippen molar-refractivity contribution in [1.82, 2.24) is 19.9 Å². The van der Waals surface area contributed by atoms with E-state index in [9.17, 15) is 15.2 Å². The van der Waals surface area contributed by atoms with Crippen LogP contribution in [0, 0.1) is 37.0 Å². The first-order valence-corrected chi connectivity index (χ1v) is 26.3. The van der Waals surface area contributed by atoms with Gasteiger partial charge in [0.05, 0.1) is 89.5 Å². The molecule has 0 saturated heterocycles. The molecule has 0 aliphatic carbocycles. The Bertz CT molecular complexity index is 4090. The molecule has 8 bridgehead atoms. The highest BCUT2D eigenvalue weighted by Gasteiger charge is 2.26. The Morgan fingerprint density at radius 1 is 0.551 bits per heavy atom. The van der Waals surface area contributed by atoms with Gasteiger partial charge in [-0.3, -0.25) is 0 Å². The number of fused-ring (bicyclic) bond motifs is 8. The Balaban J connectivity index is 1.24. The third kappa shape index (κ3) is 9.58. The lowest BCUT2D eigenvalue weighted by atomic mass is 10.0. The van der Waals surface area contributed by atoms with E-state index in [1.807, 2.05) is 91.0 Å². The van der Waals surface area contributed by atoms with Gasteiger partial charge in [0.1, 0.15) is 34.6 Å². The number of methoxy groups -OCH3 is 4. The number of hydrogen-bond acceptors (Lipinski definition) is 11. The van der Waals surface area contributed by atoms with Crippen molar-refractivity contribution in [3.63, 3.8) is 0 Å². The molecule has 11 rings (SSSR count). The quantitative estimate of drug-likeness (QED) is 0.0611. The van der Waals surface area contributed by atoms with Gasteiger partial charge >= 0.3 is 5.97 Å². The summed E-state index contributed by atoms with van der Waals surface area (Å²) in [5, 5.41) is 18.8. The third-order valence-electron chi connectivity index (χ3n) is 13.3. The molecule has 14 heteroatoms. The van der Waals surface area contributed by atoms with Crippen molar-refractivity contribution in [2.24, 2.45) is 0 Å². The highest BCUT2D eigenvalue weighted by Crippen LogP contribution is 2.47. The summed E-state index contributed by atoms with van der Waals surface area (Å²) in [7, 11) is 6.59. The fraction of sp³-hybridized carbons (Fsp3) is 0.0938. The molecule has 0 saturated carbocycles. The Kier molecular flexibility index (Phi) is 13.8. The van der Waals surface area contributed by atoms with Gasteiger partial charge in [0.2, 0.25) is 0 Å². The lowest BCUT2D eigenvalue weighted by Crippen LogP contribution is -2.12. The molecule has 0 unspecified atom stereocenters. The molecular weight excluding hydrogens is 1010 g/mol. The highest BCUT2D eigenvalue weighted by atomic mass is 32.1. The minimum absolute atomic E-state index is 0.331. The second-order valence-corrected chi connectivity index (χ2v) is 20.3. The second-order valence-electron chi connectivity index (χ2n) is 18.1. The molecule has 0 radical (unpaired) electrons. The fourth-order valence-electron chi connectivity index (χ4n) is 9.58. The Labute approximate surface area is 458 Å². The smallest absolute Gasteiger partial charge is 0.346 e. The summed E-state index contributed by atoms with van der Waals surface area (Å²) >= 11 is 2.90. The van der Waals surface area contributed by atoms with E-state index in [0.717, 1.165) is 70.5 Å². The van der Waals surface area contributed by atoms with Crippen molar-refractivity contribution in [2.75, 3.05) is 33.3 Å². The molecule has 3 N–H and O–H groups in total. The number of carbonyl (C=O) groups is 1. The van der Waals surface area contributed by atoms with E-state index in [-0.39, 0.29) is 5.57 Å². The largest absolute Gasteiger partial charge is 0.496 e. The summed E-state index contributed by atoms with van der Waals surface area (Å²) in [5.74, 6) is 8.08. The topological polar surface area (TPSA) is 159 Å². The number of nitrogens with zero attached hydrogens (tertiary/aromatic N) is 4. The predicted molar refractivity (Wildman–Crippen MR) is 315 cm³/mol. The Morgan fingerprint density at radius 3 is 1.56 bits per heavy atom. The van der Waals surface area contributed by atoms with E-state index in [0.29, 0.717) is 72.9 Å². The monoisotopic (exact) mass is 1060 g/mol. The van der Waals surface area contributed by atoms with Gasteiger partial charge in [-0.1, -0.05) is 59.4 Å². The molecule has 78 heavy (non-hydrogen) atoms. The van der Waals surface area contributed by atoms with Gasteiger partial charge in [-0.05, 0) is 141 Å². The number of benzene rings is 4. The maximum absolute atomic E-state index is 11.6. The summed E-state index contributed by atoms with van der Waals surface area (Å²) < 4.78 is 24.4. The SMILES string of the molecule is COc1cccc(OC)c1-c1c2nc(c(N(c3ccc(C)cc3)c3ccc(C)cc3)c3ccc([nH]3)c(-c3c(OC)cccc3OC)c3nc(c(C#Cc4ccc(-c5ccc(/C=C(/C#N)C(=O)O)s5)s4)c4ccc1[nH]4)C=C3)C=C2. The van der Waals surface area contributed by atoms with Crippen LogP contribution in [0.1, 0.15) is 49.2 Å². The first-order chi connectivity index (χ1) is 38.0. The number of H-pyrrole nitrogens is 2. The number of carboxylic acid groups (broad SMARTS) is 1. The van der Waals surface area contributed by atoms with Gasteiger partial charge in [0.25, 0.3) is 0 Å². The van der Waals surface area contributed by atoms with Crippen LogP contribution in [0.2, 0.25) is 0 Å². The van der Waals surface area contributed by atoms with Crippen LogP contribution in [0.5, 0.6) is 23.0 Å². The third-order valence-corrected chi connectivity index (χ3v) is 15.5. The van der Waals surface area contributed by atoms with Crippen LogP contribution in [-0.2, 0) is 4.79 Å². The van der Waals surface area contributed by atoms with E-state index in [2.05, 4.69) is 107 Å². The van der Waals surface area contributed by atoms with Crippen molar-refractivity contribution < 1.29 is 28.8 Å². The zero-order valence-electron chi connectivity index (χ0n) is 43.2. The van der Waals surface area contributed by atoms with Crippen molar-refractivity contribution in [3.8, 4) is 72.9 Å². The molecule has 9 aromatic rings. The number of rotatable bonds is 12. The van der Waals surface area contributed by atoms with Gasteiger partial charge in [-0.25, -0.2) is 14.8 Å². The second kappa shape index (κ2) is 21.4. The lowest BCUT2D eigenvalue weighted by Gasteiger charge is -2.26. The number of aromatic amines is 2. The van der Waals surface area contributed by atoms with E-state index >= 15 is 0 Å². The molecule has 7 heterocycles. The van der Waals surface area contributed by atoms with Gasteiger partial charge in [-0.2, -0.15) is 5.26 Å². The summed E-state index contributed by atoms with van der Waals surface area (Å²) in [4.78, 5) is 35.8. The Hall–Kier alpha value is -9.86. The number of carboxylic acids is 1. The maximum Gasteiger partial charge on any atom is 0.346 e. The molecule has 2 aliphatic rings. The molecule has 0 spiro atoms. The van der Waals surface area contributed by atoms with Gasteiger partial charge in [0, 0.05) is 48.2 Å². The van der Waals surface area contributed by atoms with Crippen LogP contribution in [0.3, 0.4) is 0 Å². The molecule has 5 aromatic heterocycles. The van der Waals surface area contributed by atoms with Crippen LogP contribution in [0.4, 0.5) is 17.1 Å². The van der Waals surface area contributed by atoms with Crippen molar-refractivity contribution in [2.45, 2.75) is 13.8 Å².